The first-order valence-electron chi connectivity index (χ1n) is 11.7. The topological polar surface area (TPSA) is 97.4 Å². The van der Waals surface area contributed by atoms with Gasteiger partial charge in [-0.15, -0.1) is 0 Å². The van der Waals surface area contributed by atoms with Crippen molar-refractivity contribution in [3.63, 3.8) is 0 Å². The van der Waals surface area contributed by atoms with E-state index in [9.17, 15) is 14.4 Å². The number of imide groups is 1. The zero-order valence-corrected chi connectivity index (χ0v) is 21.2. The lowest BCUT2D eigenvalue weighted by molar-refractivity contribution is -0.124. The van der Waals surface area contributed by atoms with Crippen LogP contribution in [0, 0.1) is 6.92 Å². The van der Waals surface area contributed by atoms with Gasteiger partial charge in [0.15, 0.2) is 0 Å². The number of carbonyl (C=O) groups is 3. The van der Waals surface area contributed by atoms with Gasteiger partial charge in [-0.2, -0.15) is 0 Å². The summed E-state index contributed by atoms with van der Waals surface area (Å²) in [6, 6.07) is 17.9. The predicted molar refractivity (Wildman–Crippen MR) is 139 cm³/mol. The Balaban J connectivity index is 1.60. The normalized spacial score (nSPS) is 15.1. The number of ether oxygens (including phenoxy) is 3. The van der Waals surface area contributed by atoms with Crippen LogP contribution in [0.3, 0.4) is 0 Å². The third-order valence-electron chi connectivity index (χ3n) is 6.14. The molecule has 1 atom stereocenters. The third-order valence-corrected chi connectivity index (χ3v) is 6.14. The van der Waals surface area contributed by atoms with Crippen LogP contribution in [0.25, 0.3) is 0 Å². The minimum Gasteiger partial charge on any atom is -0.497 e. The van der Waals surface area contributed by atoms with Crippen LogP contribution in [0.1, 0.15) is 17.5 Å². The van der Waals surface area contributed by atoms with E-state index in [4.69, 9.17) is 14.2 Å². The molecule has 37 heavy (non-hydrogen) atoms. The Morgan fingerprint density at radius 2 is 1.43 bits per heavy atom. The lowest BCUT2D eigenvalue weighted by Gasteiger charge is -2.22. The second kappa shape index (κ2) is 11.0. The molecule has 0 spiro atoms. The van der Waals surface area contributed by atoms with Crippen LogP contribution in [0.4, 0.5) is 16.2 Å². The fraction of sp³-hybridized carbons (Fsp3) is 0.250. The first-order chi connectivity index (χ1) is 17.8. The molecular weight excluding hydrogens is 474 g/mol. The molecule has 1 fully saturated rings. The molecule has 1 N–H and O–H groups in total. The number of methoxy groups -OCH3 is 3. The van der Waals surface area contributed by atoms with Crippen molar-refractivity contribution in [2.24, 2.45) is 0 Å². The van der Waals surface area contributed by atoms with Gasteiger partial charge < -0.3 is 24.4 Å². The first kappa shape index (κ1) is 25.6. The van der Waals surface area contributed by atoms with Crippen LogP contribution in [-0.4, -0.2) is 50.1 Å². The number of aryl methyl sites for hydroxylation is 1. The molecule has 0 aliphatic carbocycles. The van der Waals surface area contributed by atoms with Gasteiger partial charge in [-0.05, 0) is 36.8 Å². The maximum absolute atomic E-state index is 13.5. The summed E-state index contributed by atoms with van der Waals surface area (Å²) < 4.78 is 15.7. The number of nitrogens with zero attached hydrogens (tertiary/aromatic N) is 2. The van der Waals surface area contributed by atoms with Crippen LogP contribution in [0.15, 0.2) is 66.7 Å². The van der Waals surface area contributed by atoms with Crippen LogP contribution in [0.5, 0.6) is 17.2 Å². The third kappa shape index (κ3) is 5.66. The average molecular weight is 504 g/mol. The van der Waals surface area contributed by atoms with Crippen molar-refractivity contribution in [2.45, 2.75) is 25.9 Å². The summed E-state index contributed by atoms with van der Waals surface area (Å²) >= 11 is 0. The molecule has 0 saturated carbocycles. The van der Waals surface area contributed by atoms with E-state index in [1.54, 1.807) is 49.6 Å². The molecule has 1 saturated heterocycles. The van der Waals surface area contributed by atoms with Gasteiger partial charge in [-0.25, -0.2) is 9.69 Å². The van der Waals surface area contributed by atoms with E-state index >= 15 is 0 Å². The molecule has 4 amide bonds. The molecule has 0 radical (unpaired) electrons. The van der Waals surface area contributed by atoms with Crippen molar-refractivity contribution in [3.8, 4) is 17.2 Å². The minimum absolute atomic E-state index is 0.155. The molecule has 0 aromatic heterocycles. The fourth-order valence-electron chi connectivity index (χ4n) is 4.14. The Bertz CT molecular complexity index is 1270. The van der Waals surface area contributed by atoms with Crippen molar-refractivity contribution in [1.29, 1.82) is 0 Å². The van der Waals surface area contributed by atoms with E-state index < -0.39 is 23.9 Å². The van der Waals surface area contributed by atoms with Gasteiger partial charge in [0, 0.05) is 30.4 Å². The molecule has 192 valence electrons. The van der Waals surface area contributed by atoms with Crippen molar-refractivity contribution >= 4 is 29.2 Å². The number of benzene rings is 3. The van der Waals surface area contributed by atoms with Crippen LogP contribution in [0.2, 0.25) is 0 Å². The van der Waals surface area contributed by atoms with E-state index in [0.717, 1.165) is 16.0 Å². The van der Waals surface area contributed by atoms with E-state index in [2.05, 4.69) is 5.32 Å². The lowest BCUT2D eigenvalue weighted by Crippen LogP contribution is -2.37. The molecule has 9 nitrogen and oxygen atoms in total. The van der Waals surface area contributed by atoms with Crippen molar-refractivity contribution in [1.82, 2.24) is 4.90 Å². The van der Waals surface area contributed by atoms with E-state index in [0.29, 0.717) is 28.6 Å². The molecule has 1 aliphatic heterocycles. The van der Waals surface area contributed by atoms with Gasteiger partial charge in [0.25, 0.3) is 5.91 Å². The van der Waals surface area contributed by atoms with E-state index in [-0.39, 0.29) is 13.0 Å². The van der Waals surface area contributed by atoms with Gasteiger partial charge in [-0.3, -0.25) is 9.59 Å². The zero-order chi connectivity index (χ0) is 26.5. The number of hydrogen-bond donors (Lipinski definition) is 1. The molecule has 0 unspecified atom stereocenters. The van der Waals surface area contributed by atoms with Crippen LogP contribution in [-0.2, 0) is 16.1 Å². The fourth-order valence-corrected chi connectivity index (χ4v) is 4.14. The Morgan fingerprint density at radius 3 is 2.00 bits per heavy atom. The molecule has 1 aliphatic rings. The Hall–Kier alpha value is -4.53. The summed E-state index contributed by atoms with van der Waals surface area (Å²) in [6.07, 6.45) is -0.220. The van der Waals surface area contributed by atoms with Gasteiger partial charge in [-0.1, -0.05) is 29.8 Å². The number of hydrogen-bond acceptors (Lipinski definition) is 6. The molecule has 9 heteroatoms. The van der Waals surface area contributed by atoms with Gasteiger partial charge >= 0.3 is 6.03 Å². The molecular formula is C28H29N3O6. The summed E-state index contributed by atoms with van der Waals surface area (Å²) in [5.41, 5.74) is 2.72. The second-order valence-corrected chi connectivity index (χ2v) is 8.64. The molecule has 3 aromatic rings. The highest BCUT2D eigenvalue weighted by atomic mass is 16.5. The van der Waals surface area contributed by atoms with Crippen molar-refractivity contribution < 1.29 is 28.6 Å². The largest absolute Gasteiger partial charge is 0.497 e. The monoisotopic (exact) mass is 503 g/mol. The number of urea groups is 1. The molecule has 3 aromatic carbocycles. The summed E-state index contributed by atoms with van der Waals surface area (Å²) in [6.45, 7) is 2.08. The maximum Gasteiger partial charge on any atom is 0.332 e. The van der Waals surface area contributed by atoms with Crippen LogP contribution >= 0.6 is 0 Å². The SMILES string of the molecule is COc1ccc(CN2C(=O)N(c3ccc(C)cc3)C(=O)[C@H]2CC(=O)Nc2cc(OC)cc(OC)c2)cc1. The lowest BCUT2D eigenvalue weighted by atomic mass is 10.1. The summed E-state index contributed by atoms with van der Waals surface area (Å²) in [7, 11) is 4.60. The quantitative estimate of drug-likeness (QED) is 0.435. The van der Waals surface area contributed by atoms with Gasteiger partial charge in [0.05, 0.1) is 33.4 Å². The number of rotatable bonds is 9. The summed E-state index contributed by atoms with van der Waals surface area (Å²) in [5, 5.41) is 2.79. The average Bonchev–Trinajstić information content (AvgIpc) is 3.13. The van der Waals surface area contributed by atoms with E-state index in [1.807, 2.05) is 31.2 Å². The number of nitrogens with one attached hydrogen (secondary N) is 1. The van der Waals surface area contributed by atoms with Crippen molar-refractivity contribution in [3.05, 3.63) is 77.9 Å². The maximum atomic E-state index is 13.5. The zero-order valence-electron chi connectivity index (χ0n) is 21.2. The standard InChI is InChI=1S/C28H29N3O6/c1-18-5-9-21(10-6-18)31-27(33)25(30(28(31)34)17-19-7-11-22(35-2)12-8-19)16-26(32)29-20-13-23(36-3)15-24(14-20)37-4/h5-15,25H,16-17H2,1-4H3,(H,29,32)/t25-/m1/s1. The van der Waals surface area contributed by atoms with Gasteiger partial charge in [0.1, 0.15) is 23.3 Å². The highest BCUT2D eigenvalue weighted by Crippen LogP contribution is 2.30. The minimum atomic E-state index is -0.983. The molecule has 0 bridgehead atoms. The smallest absolute Gasteiger partial charge is 0.332 e. The number of amides is 4. The van der Waals surface area contributed by atoms with Gasteiger partial charge in [0.2, 0.25) is 5.91 Å². The van der Waals surface area contributed by atoms with Crippen LogP contribution < -0.4 is 24.4 Å². The van der Waals surface area contributed by atoms with E-state index in [1.165, 1.54) is 19.1 Å². The second-order valence-electron chi connectivity index (χ2n) is 8.64. The Kier molecular flexibility index (Phi) is 7.62. The Labute approximate surface area is 215 Å². The first-order valence-corrected chi connectivity index (χ1v) is 11.7. The molecule has 4 rings (SSSR count). The molecule has 1 heterocycles. The summed E-state index contributed by atoms with van der Waals surface area (Å²) in [5.74, 6) is 0.813. The number of carbonyl (C=O) groups excluding carboxylic acids is 3. The highest BCUT2D eigenvalue weighted by molar-refractivity contribution is 6.22. The predicted octanol–water partition coefficient (Wildman–Crippen LogP) is 4.39. The summed E-state index contributed by atoms with van der Waals surface area (Å²) in [4.78, 5) is 42.6. The Morgan fingerprint density at radius 1 is 0.838 bits per heavy atom. The number of anilines is 2. The van der Waals surface area contributed by atoms with Crippen molar-refractivity contribution in [2.75, 3.05) is 31.5 Å². The highest BCUT2D eigenvalue weighted by Gasteiger charge is 2.46.